The molecule has 3 atom stereocenters. The molecule has 0 aromatic carbocycles. The molecule has 1 saturated carbocycles. The fourth-order valence-electron chi connectivity index (χ4n) is 3.28. The summed E-state index contributed by atoms with van der Waals surface area (Å²) in [7, 11) is 0. The van der Waals surface area contributed by atoms with Gasteiger partial charge in [0, 0.05) is 37.2 Å². The maximum Gasteiger partial charge on any atom is 0.226 e. The second-order valence-electron chi connectivity index (χ2n) is 5.67. The number of amides is 1. The summed E-state index contributed by atoms with van der Waals surface area (Å²) in [5.41, 5.74) is 1.11. The predicted molar refractivity (Wildman–Crippen MR) is 78.5 cm³/mol. The van der Waals surface area contributed by atoms with Crippen LogP contribution in [0.5, 0.6) is 0 Å². The minimum Gasteiger partial charge on any atom is -0.350 e. The Morgan fingerprint density at radius 2 is 2.25 bits per heavy atom. The van der Waals surface area contributed by atoms with Crippen LogP contribution in [0.15, 0.2) is 6.33 Å². The number of hydrogen-bond acceptors (Lipinski definition) is 5. The first kappa shape index (κ1) is 13.6. The third kappa shape index (κ3) is 2.03. The average Bonchev–Trinajstić information content (AvgIpc) is 3.16. The lowest BCUT2D eigenvalue weighted by Crippen LogP contribution is -2.44. The molecule has 3 heterocycles. The molecule has 3 aliphatic rings. The van der Waals surface area contributed by atoms with Crippen LogP contribution in [0, 0.1) is 0 Å². The Bertz CT molecular complexity index is 552. The molecule has 7 heteroatoms. The Morgan fingerprint density at radius 3 is 3.10 bits per heavy atom. The van der Waals surface area contributed by atoms with Crippen molar-refractivity contribution in [2.75, 3.05) is 23.3 Å². The normalized spacial score (nSPS) is 30.8. The van der Waals surface area contributed by atoms with E-state index in [1.54, 1.807) is 6.33 Å². The van der Waals surface area contributed by atoms with E-state index in [2.05, 4.69) is 32.4 Å². The first-order valence-corrected chi connectivity index (χ1v) is 6.89. The summed E-state index contributed by atoms with van der Waals surface area (Å²) in [5.74, 6) is 1.96. The van der Waals surface area contributed by atoms with E-state index in [1.807, 2.05) is 0 Å². The number of carbonyl (C=O) groups excluding carboxylic acids is 1. The van der Waals surface area contributed by atoms with Gasteiger partial charge in [-0.1, -0.05) is 6.92 Å². The number of rotatable bonds is 1. The highest BCUT2D eigenvalue weighted by Crippen LogP contribution is 2.41. The zero-order valence-corrected chi connectivity index (χ0v) is 12.1. The third-order valence-corrected chi connectivity index (χ3v) is 4.29. The summed E-state index contributed by atoms with van der Waals surface area (Å²) in [5, 5.41) is 6.37. The zero-order valence-electron chi connectivity index (χ0n) is 11.3. The summed E-state index contributed by atoms with van der Waals surface area (Å²) >= 11 is 0. The number of carbonyl (C=O) groups is 1. The molecule has 20 heavy (non-hydrogen) atoms. The molecule has 1 aromatic heterocycles. The third-order valence-electron chi connectivity index (χ3n) is 4.29. The van der Waals surface area contributed by atoms with Crippen LogP contribution < -0.4 is 15.5 Å². The standard InChI is InChI=1S/C13H17N5O.ClH/c1-7-4-10(19)17-12-11(7)13(16-6-15-12)18-3-2-14-8-5-9(8)18;/h6-9,14H,2-5H2,1H3,(H,15,16,17,19);1H/t7-,8?,9?;/m1./s1. The topological polar surface area (TPSA) is 70.2 Å². The van der Waals surface area contributed by atoms with Crippen LogP contribution in [0.1, 0.15) is 31.2 Å². The SMILES string of the molecule is C[C@@H]1CC(=O)Nc2ncnc(N3CCNC4CC43)c21.Cl. The first-order valence-electron chi connectivity index (χ1n) is 6.89. The number of anilines is 2. The molecule has 2 aliphatic heterocycles. The van der Waals surface area contributed by atoms with Crippen LogP contribution >= 0.6 is 12.4 Å². The Hall–Kier alpha value is -1.40. The Kier molecular flexibility index (Phi) is 3.30. The lowest BCUT2D eigenvalue weighted by Gasteiger charge is -2.33. The van der Waals surface area contributed by atoms with Crippen LogP contribution in [0.25, 0.3) is 0 Å². The van der Waals surface area contributed by atoms with Crippen molar-refractivity contribution in [3.63, 3.8) is 0 Å². The maximum atomic E-state index is 11.6. The minimum atomic E-state index is 0. The van der Waals surface area contributed by atoms with E-state index in [0.717, 1.165) is 24.5 Å². The number of fused-ring (bicyclic) bond motifs is 2. The summed E-state index contributed by atoms with van der Waals surface area (Å²) in [4.78, 5) is 22.7. The van der Waals surface area contributed by atoms with Gasteiger partial charge in [0.15, 0.2) is 0 Å². The van der Waals surface area contributed by atoms with E-state index < -0.39 is 0 Å². The highest BCUT2D eigenvalue weighted by molar-refractivity contribution is 5.94. The molecule has 2 N–H and O–H groups in total. The molecular formula is C13H18ClN5O. The van der Waals surface area contributed by atoms with Crippen molar-refractivity contribution in [1.29, 1.82) is 0 Å². The van der Waals surface area contributed by atoms with Crippen LogP contribution in [0.4, 0.5) is 11.6 Å². The van der Waals surface area contributed by atoms with Gasteiger partial charge >= 0.3 is 0 Å². The van der Waals surface area contributed by atoms with Crippen molar-refractivity contribution in [1.82, 2.24) is 15.3 Å². The molecule has 0 bridgehead atoms. The van der Waals surface area contributed by atoms with Crippen LogP contribution in [-0.2, 0) is 4.79 Å². The lowest BCUT2D eigenvalue weighted by atomic mass is 9.94. The number of hydrogen-bond donors (Lipinski definition) is 2. The number of nitrogens with one attached hydrogen (secondary N) is 2. The van der Waals surface area contributed by atoms with Gasteiger partial charge in [0.1, 0.15) is 18.0 Å². The number of halogens is 1. The van der Waals surface area contributed by atoms with Gasteiger partial charge in [-0.3, -0.25) is 4.79 Å². The summed E-state index contributed by atoms with van der Waals surface area (Å²) in [6.07, 6.45) is 3.28. The van der Waals surface area contributed by atoms with Gasteiger partial charge in [-0.15, -0.1) is 12.4 Å². The second-order valence-corrected chi connectivity index (χ2v) is 5.67. The van der Waals surface area contributed by atoms with E-state index in [0.29, 0.717) is 24.3 Å². The van der Waals surface area contributed by atoms with Gasteiger partial charge in [0.25, 0.3) is 0 Å². The monoisotopic (exact) mass is 295 g/mol. The smallest absolute Gasteiger partial charge is 0.226 e. The van der Waals surface area contributed by atoms with Gasteiger partial charge in [-0.25, -0.2) is 9.97 Å². The first-order chi connectivity index (χ1) is 9.24. The maximum absolute atomic E-state index is 11.6. The molecule has 1 aliphatic carbocycles. The van der Waals surface area contributed by atoms with Crippen molar-refractivity contribution in [2.24, 2.45) is 0 Å². The molecule has 0 spiro atoms. The number of nitrogens with zero attached hydrogens (tertiary/aromatic N) is 3. The molecule has 108 valence electrons. The predicted octanol–water partition coefficient (Wildman–Crippen LogP) is 0.895. The van der Waals surface area contributed by atoms with Gasteiger partial charge in [0.2, 0.25) is 5.91 Å². The van der Waals surface area contributed by atoms with E-state index in [4.69, 9.17) is 0 Å². The van der Waals surface area contributed by atoms with Gasteiger partial charge in [0.05, 0.1) is 0 Å². The van der Waals surface area contributed by atoms with Gasteiger partial charge in [-0.05, 0) is 12.3 Å². The largest absolute Gasteiger partial charge is 0.350 e. The highest BCUT2D eigenvalue weighted by Gasteiger charge is 2.46. The lowest BCUT2D eigenvalue weighted by molar-refractivity contribution is -0.116. The molecule has 1 amide bonds. The van der Waals surface area contributed by atoms with E-state index in [9.17, 15) is 4.79 Å². The Balaban J connectivity index is 0.00000121. The van der Waals surface area contributed by atoms with E-state index in [1.165, 1.54) is 6.42 Å². The summed E-state index contributed by atoms with van der Waals surface area (Å²) in [6, 6.07) is 1.19. The highest BCUT2D eigenvalue weighted by atomic mass is 35.5. The van der Waals surface area contributed by atoms with Crippen LogP contribution in [0.2, 0.25) is 0 Å². The van der Waals surface area contributed by atoms with Gasteiger partial charge < -0.3 is 15.5 Å². The minimum absolute atomic E-state index is 0. The zero-order chi connectivity index (χ0) is 13.0. The van der Waals surface area contributed by atoms with Crippen molar-refractivity contribution >= 4 is 29.9 Å². The fourth-order valence-corrected chi connectivity index (χ4v) is 3.28. The summed E-state index contributed by atoms with van der Waals surface area (Å²) < 4.78 is 0. The molecule has 4 rings (SSSR count). The van der Waals surface area contributed by atoms with Gasteiger partial charge in [-0.2, -0.15) is 0 Å². The second kappa shape index (κ2) is 4.86. The molecule has 6 nitrogen and oxygen atoms in total. The molecule has 0 radical (unpaired) electrons. The van der Waals surface area contributed by atoms with Crippen molar-refractivity contribution in [3.05, 3.63) is 11.9 Å². The van der Waals surface area contributed by atoms with E-state index >= 15 is 0 Å². The average molecular weight is 296 g/mol. The Labute approximate surface area is 123 Å². The molecule has 1 aromatic rings. The fraction of sp³-hybridized carbons (Fsp3) is 0.615. The van der Waals surface area contributed by atoms with Crippen LogP contribution in [-0.4, -0.2) is 41.0 Å². The quantitative estimate of drug-likeness (QED) is 0.805. The molecule has 1 saturated heterocycles. The summed E-state index contributed by atoms with van der Waals surface area (Å²) in [6.45, 7) is 4.06. The van der Waals surface area contributed by atoms with Crippen molar-refractivity contribution in [2.45, 2.75) is 37.8 Å². The molecule has 2 fully saturated rings. The molecule has 2 unspecified atom stereocenters. The van der Waals surface area contributed by atoms with Crippen LogP contribution in [0.3, 0.4) is 0 Å². The van der Waals surface area contributed by atoms with Crippen molar-refractivity contribution < 1.29 is 4.79 Å². The number of piperazine rings is 1. The number of aromatic nitrogens is 2. The molecular weight excluding hydrogens is 278 g/mol. The van der Waals surface area contributed by atoms with E-state index in [-0.39, 0.29) is 24.2 Å². The van der Waals surface area contributed by atoms with Crippen molar-refractivity contribution in [3.8, 4) is 0 Å². The Morgan fingerprint density at radius 1 is 1.40 bits per heavy atom.